The van der Waals surface area contributed by atoms with Crippen molar-refractivity contribution in [1.29, 1.82) is 0 Å². The summed E-state index contributed by atoms with van der Waals surface area (Å²) in [6.07, 6.45) is 24.5. The fraction of sp³-hybridized carbons (Fsp3) is 0.234. The fourth-order valence-electron chi connectivity index (χ4n) is 9.05. The number of para-hydroxylation sites is 2. The van der Waals surface area contributed by atoms with E-state index in [4.69, 9.17) is 9.15 Å². The van der Waals surface area contributed by atoms with Crippen LogP contribution in [-0.4, -0.2) is 12.1 Å². The molecule has 6 unspecified atom stereocenters. The molecular weight excluding hydrogens is 611 g/mol. The zero-order valence-corrected chi connectivity index (χ0v) is 28.2. The molecule has 5 aliphatic rings. The summed E-state index contributed by atoms with van der Waals surface area (Å²) in [5.74, 6) is 3.51. The van der Waals surface area contributed by atoms with E-state index in [2.05, 4.69) is 151 Å². The van der Waals surface area contributed by atoms with Gasteiger partial charge in [-0.25, -0.2) is 0 Å². The lowest BCUT2D eigenvalue weighted by Crippen LogP contribution is -2.39. The van der Waals surface area contributed by atoms with Crippen LogP contribution in [0.4, 0.5) is 0 Å². The molecule has 1 aromatic heterocycles. The Morgan fingerprint density at radius 2 is 1.56 bits per heavy atom. The first-order valence-corrected chi connectivity index (χ1v) is 18.4. The third-order valence-electron chi connectivity index (χ3n) is 11.7. The van der Waals surface area contributed by atoms with Crippen molar-refractivity contribution in [3.63, 3.8) is 0 Å². The number of allylic oxidation sites excluding steroid dienone is 6. The van der Waals surface area contributed by atoms with E-state index >= 15 is 0 Å². The lowest BCUT2D eigenvalue weighted by Gasteiger charge is -2.37. The molecule has 0 spiro atoms. The molecule has 1 N–H and O–H groups in total. The smallest absolute Gasteiger partial charge is 0.134 e. The normalized spacial score (nSPS) is 26.3. The minimum absolute atomic E-state index is 0.0133. The van der Waals surface area contributed by atoms with Crippen molar-refractivity contribution < 1.29 is 9.15 Å². The van der Waals surface area contributed by atoms with Crippen molar-refractivity contribution in [2.24, 2.45) is 5.92 Å². The molecule has 0 fully saturated rings. The number of fused-ring (bicyclic) bond motifs is 6. The quantitative estimate of drug-likeness (QED) is 0.192. The van der Waals surface area contributed by atoms with Gasteiger partial charge in [0.2, 0.25) is 0 Å². The number of furan rings is 1. The summed E-state index contributed by atoms with van der Waals surface area (Å²) >= 11 is 0. The van der Waals surface area contributed by atoms with Crippen molar-refractivity contribution in [1.82, 2.24) is 5.32 Å². The lowest BCUT2D eigenvalue weighted by atomic mass is 9.77. The van der Waals surface area contributed by atoms with Crippen LogP contribution in [0.15, 0.2) is 144 Å². The molecular formula is C47H41NO2. The molecule has 4 aromatic carbocycles. The topological polar surface area (TPSA) is 34.4 Å². The molecule has 10 rings (SSSR count). The molecule has 246 valence electrons. The molecule has 0 saturated carbocycles. The Kier molecular flexibility index (Phi) is 7.25. The van der Waals surface area contributed by atoms with Gasteiger partial charge in [-0.2, -0.15) is 0 Å². The monoisotopic (exact) mass is 651 g/mol. The highest BCUT2D eigenvalue weighted by Gasteiger charge is 2.34. The Labute approximate surface area is 294 Å². The van der Waals surface area contributed by atoms with Crippen LogP contribution in [0.1, 0.15) is 82.6 Å². The van der Waals surface area contributed by atoms with Crippen LogP contribution in [0.25, 0.3) is 28.3 Å². The van der Waals surface area contributed by atoms with Gasteiger partial charge in [0, 0.05) is 52.4 Å². The van der Waals surface area contributed by atoms with Gasteiger partial charge in [0.05, 0.1) is 0 Å². The fourth-order valence-corrected chi connectivity index (χ4v) is 9.05. The zero-order valence-electron chi connectivity index (χ0n) is 28.2. The molecule has 50 heavy (non-hydrogen) atoms. The molecule has 3 nitrogen and oxygen atoms in total. The van der Waals surface area contributed by atoms with Crippen molar-refractivity contribution in [2.75, 3.05) is 0 Å². The summed E-state index contributed by atoms with van der Waals surface area (Å²) in [4.78, 5) is 0. The van der Waals surface area contributed by atoms with Gasteiger partial charge in [0.25, 0.3) is 0 Å². The Morgan fingerprint density at radius 3 is 2.46 bits per heavy atom. The molecule has 0 bridgehead atoms. The second kappa shape index (κ2) is 12.2. The number of benzene rings is 4. The zero-order chi connectivity index (χ0) is 33.0. The summed E-state index contributed by atoms with van der Waals surface area (Å²) in [6, 6.07) is 35.6. The number of hydrogen-bond donors (Lipinski definition) is 1. The third kappa shape index (κ3) is 5.28. The third-order valence-corrected chi connectivity index (χ3v) is 11.7. The number of rotatable bonds is 5. The summed E-state index contributed by atoms with van der Waals surface area (Å²) in [5.41, 5.74) is 11.2. The van der Waals surface area contributed by atoms with Crippen molar-refractivity contribution in [3.05, 3.63) is 179 Å². The first-order valence-electron chi connectivity index (χ1n) is 18.4. The van der Waals surface area contributed by atoms with Crippen molar-refractivity contribution >= 4 is 28.3 Å². The van der Waals surface area contributed by atoms with Gasteiger partial charge < -0.3 is 14.5 Å². The Hall–Kier alpha value is -5.28. The highest BCUT2D eigenvalue weighted by atomic mass is 16.5. The van der Waals surface area contributed by atoms with E-state index in [-0.39, 0.29) is 17.9 Å². The number of nitrogens with one attached hydrogen (secondary N) is 1. The van der Waals surface area contributed by atoms with Gasteiger partial charge in [0.15, 0.2) is 0 Å². The molecule has 3 aliphatic carbocycles. The van der Waals surface area contributed by atoms with Crippen LogP contribution < -0.4 is 10.1 Å². The largest absolute Gasteiger partial charge is 0.485 e. The second-order valence-corrected chi connectivity index (χ2v) is 14.7. The summed E-state index contributed by atoms with van der Waals surface area (Å²) in [5, 5.41) is 5.22. The Morgan fingerprint density at radius 1 is 0.720 bits per heavy atom. The van der Waals surface area contributed by atoms with E-state index < -0.39 is 0 Å². The maximum Gasteiger partial charge on any atom is 0.134 e. The summed E-state index contributed by atoms with van der Waals surface area (Å²) in [7, 11) is 0. The molecule has 3 heteroatoms. The van der Waals surface area contributed by atoms with Crippen molar-refractivity contribution in [2.45, 2.75) is 62.0 Å². The highest BCUT2D eigenvalue weighted by Crippen LogP contribution is 2.45. The minimum Gasteiger partial charge on any atom is -0.485 e. The molecule has 5 aromatic rings. The van der Waals surface area contributed by atoms with E-state index in [1.807, 2.05) is 0 Å². The van der Waals surface area contributed by atoms with Crippen LogP contribution in [0, 0.1) is 5.92 Å². The van der Waals surface area contributed by atoms with Crippen LogP contribution in [0.5, 0.6) is 5.75 Å². The predicted molar refractivity (Wildman–Crippen MR) is 204 cm³/mol. The summed E-state index contributed by atoms with van der Waals surface area (Å²) in [6.45, 7) is 0. The van der Waals surface area contributed by atoms with Crippen LogP contribution in [0.3, 0.4) is 0 Å². The van der Waals surface area contributed by atoms with E-state index in [1.165, 1.54) is 62.9 Å². The first-order chi connectivity index (χ1) is 24.7. The minimum atomic E-state index is 0.0133. The van der Waals surface area contributed by atoms with E-state index in [0.29, 0.717) is 17.9 Å². The van der Waals surface area contributed by atoms with Gasteiger partial charge in [-0.1, -0.05) is 127 Å². The standard InChI is InChI=1S/C47H41NO2/c1-3-11-30(12-4-1)42-26-37(27-43(48-42)31-13-5-2-6-14-31)36-24-34(32-19-21-40-38-15-7-9-17-44(38)49-46(40)28-32)23-35(25-36)33-20-22-41-39-16-8-10-18-45(39)50-47(41)29-33/h1-5,7-12,15-26,28,31,33,37,40,43,46,48H,6,13-14,27,29H2. The molecule has 6 atom stereocenters. The van der Waals surface area contributed by atoms with Gasteiger partial charge in [0.1, 0.15) is 23.2 Å². The second-order valence-electron chi connectivity index (χ2n) is 14.7. The van der Waals surface area contributed by atoms with E-state index in [9.17, 15) is 0 Å². The average Bonchev–Trinajstić information content (AvgIpc) is 3.76. The molecule has 0 saturated heterocycles. The maximum atomic E-state index is 6.49. The number of hydrogen-bond acceptors (Lipinski definition) is 3. The van der Waals surface area contributed by atoms with Gasteiger partial charge in [-0.05, 0) is 77.6 Å². The SMILES string of the molecule is C1=CCC(C2CC(c3cc(C4=CC5Oc6ccccc6C5C=C4)cc(C4C=Cc5c(oc6ccccc56)C4)c3)C=C(c3ccccc3)N2)CC1. The van der Waals surface area contributed by atoms with Gasteiger partial charge in [-0.3, -0.25) is 0 Å². The van der Waals surface area contributed by atoms with Crippen LogP contribution >= 0.6 is 0 Å². The summed E-state index contributed by atoms with van der Waals surface area (Å²) < 4.78 is 12.9. The van der Waals surface area contributed by atoms with Gasteiger partial charge >= 0.3 is 0 Å². The number of ether oxygens (including phenoxy) is 1. The molecule has 2 aliphatic heterocycles. The molecule has 0 amide bonds. The molecule has 0 radical (unpaired) electrons. The lowest BCUT2D eigenvalue weighted by molar-refractivity contribution is 0.269. The Bertz CT molecular complexity index is 2250. The maximum absolute atomic E-state index is 6.49. The Balaban J connectivity index is 1.06. The van der Waals surface area contributed by atoms with Crippen molar-refractivity contribution in [3.8, 4) is 5.75 Å². The van der Waals surface area contributed by atoms with Gasteiger partial charge in [-0.15, -0.1) is 0 Å². The highest BCUT2D eigenvalue weighted by molar-refractivity contribution is 5.89. The first kappa shape index (κ1) is 29.6. The van der Waals surface area contributed by atoms with E-state index in [1.54, 1.807) is 0 Å². The molecule has 3 heterocycles. The van der Waals surface area contributed by atoms with Crippen LogP contribution in [0.2, 0.25) is 0 Å². The van der Waals surface area contributed by atoms with E-state index in [0.717, 1.165) is 36.4 Å². The predicted octanol–water partition coefficient (Wildman–Crippen LogP) is 11.1. The van der Waals surface area contributed by atoms with Crippen LogP contribution in [-0.2, 0) is 6.42 Å². The average molecular weight is 652 g/mol.